The summed E-state index contributed by atoms with van der Waals surface area (Å²) < 4.78 is 29.7. The van der Waals surface area contributed by atoms with Crippen LogP contribution >= 0.6 is 0 Å². The number of hydrogen-bond donors (Lipinski definition) is 2. The van der Waals surface area contributed by atoms with E-state index in [0.29, 0.717) is 36.1 Å². The second kappa shape index (κ2) is 9.02. The number of nitrogens with zero attached hydrogens (tertiary/aromatic N) is 5. The summed E-state index contributed by atoms with van der Waals surface area (Å²) in [5, 5.41) is 10.7. The van der Waals surface area contributed by atoms with Crippen LogP contribution in [0.1, 0.15) is 87.1 Å². The molecular weight excluding hydrogens is 452 g/mol. The van der Waals surface area contributed by atoms with Crippen molar-refractivity contribution in [2.24, 2.45) is 0 Å². The molecule has 2 aromatic rings. The van der Waals surface area contributed by atoms with Gasteiger partial charge in [0.2, 0.25) is 11.9 Å². The Morgan fingerprint density at radius 2 is 1.83 bits per heavy atom. The lowest BCUT2D eigenvalue weighted by Gasteiger charge is -2.33. The molecule has 0 radical (unpaired) electrons. The van der Waals surface area contributed by atoms with Crippen LogP contribution in [0.4, 0.5) is 26.4 Å². The van der Waals surface area contributed by atoms with Crippen LogP contribution in [0.15, 0.2) is 6.07 Å². The summed E-state index contributed by atoms with van der Waals surface area (Å²) in [5.41, 5.74) is 1.31. The quantitative estimate of drug-likeness (QED) is 0.642. The van der Waals surface area contributed by atoms with E-state index in [2.05, 4.69) is 20.5 Å². The molecule has 2 aliphatic carbocycles. The molecule has 0 unspecified atom stereocenters. The molecule has 1 amide bonds. The zero-order chi connectivity index (χ0) is 24.0. The molecule has 0 spiro atoms. The molecule has 10 heteroatoms. The molecule has 4 aliphatic rings. The first-order valence-electron chi connectivity index (χ1n) is 13.2. The lowest BCUT2D eigenvalue weighted by atomic mass is 10.0. The van der Waals surface area contributed by atoms with Crippen LogP contribution in [-0.2, 0) is 17.1 Å². The van der Waals surface area contributed by atoms with Crippen molar-refractivity contribution in [3.63, 3.8) is 0 Å². The summed E-state index contributed by atoms with van der Waals surface area (Å²) >= 11 is 0. The summed E-state index contributed by atoms with van der Waals surface area (Å²) in [4.78, 5) is 26.1. The molecule has 3 fully saturated rings. The predicted octanol–water partition coefficient (Wildman–Crippen LogP) is 4.62. The van der Waals surface area contributed by atoms with Gasteiger partial charge in [-0.15, -0.1) is 0 Å². The molecule has 0 bridgehead atoms. The number of aromatic nitrogens is 4. The number of likely N-dealkylation sites (tertiary alicyclic amines) is 1. The van der Waals surface area contributed by atoms with E-state index in [-0.39, 0.29) is 30.4 Å². The molecule has 0 aromatic carbocycles. The Hall–Kier alpha value is -2.78. The maximum atomic E-state index is 14.8. The van der Waals surface area contributed by atoms with E-state index in [1.165, 1.54) is 12.8 Å². The van der Waals surface area contributed by atoms with Crippen molar-refractivity contribution in [3.8, 4) is 0 Å². The van der Waals surface area contributed by atoms with Gasteiger partial charge in [-0.2, -0.15) is 18.9 Å². The van der Waals surface area contributed by atoms with Gasteiger partial charge in [-0.1, -0.05) is 12.8 Å². The van der Waals surface area contributed by atoms with Gasteiger partial charge in [-0.05, 0) is 51.4 Å². The SMILES string of the molecule is O=C([C@@H]1CCCN1c1nc(Nc2cc(C3CCCC3)[nH]n2)c2c(n1)C(F)(F)CC2)N1CCCCC1. The number of hydrogen-bond acceptors (Lipinski definition) is 6. The number of carbonyl (C=O) groups is 1. The van der Waals surface area contributed by atoms with Crippen molar-refractivity contribution in [2.75, 3.05) is 29.9 Å². The van der Waals surface area contributed by atoms with E-state index in [1.807, 2.05) is 15.9 Å². The smallest absolute Gasteiger partial charge is 0.290 e. The van der Waals surface area contributed by atoms with Crippen molar-refractivity contribution in [1.82, 2.24) is 25.1 Å². The van der Waals surface area contributed by atoms with Gasteiger partial charge < -0.3 is 15.1 Å². The topological polar surface area (TPSA) is 90.0 Å². The minimum Gasteiger partial charge on any atom is -0.341 e. The van der Waals surface area contributed by atoms with E-state index in [0.717, 1.165) is 57.3 Å². The van der Waals surface area contributed by atoms with Gasteiger partial charge in [0, 0.05) is 49.3 Å². The van der Waals surface area contributed by atoms with Crippen LogP contribution in [0.3, 0.4) is 0 Å². The molecule has 4 heterocycles. The van der Waals surface area contributed by atoms with Crippen LogP contribution in [0, 0.1) is 0 Å². The fraction of sp³-hybridized carbons (Fsp3) is 0.680. The van der Waals surface area contributed by atoms with Gasteiger partial charge in [0.25, 0.3) is 5.92 Å². The highest BCUT2D eigenvalue weighted by Crippen LogP contribution is 2.44. The molecule has 2 saturated heterocycles. The monoisotopic (exact) mass is 485 g/mol. The second-order valence-electron chi connectivity index (χ2n) is 10.5. The maximum Gasteiger partial charge on any atom is 0.290 e. The number of anilines is 3. The Bertz CT molecular complexity index is 1090. The Morgan fingerprint density at radius 3 is 2.63 bits per heavy atom. The van der Waals surface area contributed by atoms with Gasteiger partial charge in [0.15, 0.2) is 5.82 Å². The molecule has 2 aliphatic heterocycles. The van der Waals surface area contributed by atoms with Crippen LogP contribution in [0.5, 0.6) is 0 Å². The van der Waals surface area contributed by atoms with Crippen LogP contribution in [0.2, 0.25) is 0 Å². The standard InChI is InChI=1S/C25H33F2N7O/c26-25(27)11-10-17-21(25)29-24(34-14-6-9-19(34)23(35)33-12-4-1-5-13-33)30-22(17)28-20-15-18(31-32-20)16-7-2-3-8-16/h15-16,19H,1-14H2,(H2,28,29,30,31,32)/t19-/m0/s1. The van der Waals surface area contributed by atoms with Gasteiger partial charge in [0.05, 0.1) is 0 Å². The van der Waals surface area contributed by atoms with Gasteiger partial charge in [-0.3, -0.25) is 9.89 Å². The average molecular weight is 486 g/mol. The number of aromatic amines is 1. The van der Waals surface area contributed by atoms with Crippen LogP contribution < -0.4 is 10.2 Å². The zero-order valence-electron chi connectivity index (χ0n) is 20.0. The van der Waals surface area contributed by atoms with Crippen LogP contribution in [0.25, 0.3) is 0 Å². The molecule has 35 heavy (non-hydrogen) atoms. The first kappa shape index (κ1) is 22.7. The third kappa shape index (κ3) is 4.25. The van der Waals surface area contributed by atoms with E-state index in [4.69, 9.17) is 4.98 Å². The molecule has 2 N–H and O–H groups in total. The van der Waals surface area contributed by atoms with Crippen molar-refractivity contribution >= 4 is 23.5 Å². The van der Waals surface area contributed by atoms with E-state index >= 15 is 0 Å². The molecule has 2 aromatic heterocycles. The zero-order valence-corrected chi connectivity index (χ0v) is 20.0. The average Bonchev–Trinajstić information content (AvgIpc) is 3.66. The number of nitrogens with one attached hydrogen (secondary N) is 2. The summed E-state index contributed by atoms with van der Waals surface area (Å²) in [7, 11) is 0. The first-order chi connectivity index (χ1) is 17.0. The van der Waals surface area contributed by atoms with Crippen molar-refractivity contribution in [2.45, 2.75) is 88.5 Å². The number of amides is 1. The highest BCUT2D eigenvalue weighted by atomic mass is 19.3. The van der Waals surface area contributed by atoms with E-state index < -0.39 is 12.0 Å². The van der Waals surface area contributed by atoms with E-state index in [1.54, 1.807) is 0 Å². The number of carbonyl (C=O) groups excluding carboxylic acids is 1. The number of H-pyrrole nitrogens is 1. The lowest BCUT2D eigenvalue weighted by Crippen LogP contribution is -2.48. The lowest BCUT2D eigenvalue weighted by molar-refractivity contribution is -0.133. The fourth-order valence-electron chi connectivity index (χ4n) is 6.20. The fourth-order valence-corrected chi connectivity index (χ4v) is 6.20. The minimum absolute atomic E-state index is 0.0704. The molecule has 1 saturated carbocycles. The molecule has 188 valence electrons. The molecule has 8 nitrogen and oxygen atoms in total. The number of fused-ring (bicyclic) bond motifs is 1. The number of halogens is 2. The second-order valence-corrected chi connectivity index (χ2v) is 10.5. The Labute approximate surface area is 203 Å². The number of alkyl halides is 2. The largest absolute Gasteiger partial charge is 0.341 e. The number of piperidine rings is 1. The summed E-state index contributed by atoms with van der Waals surface area (Å²) in [6, 6.07) is 1.57. The van der Waals surface area contributed by atoms with Gasteiger partial charge in [0.1, 0.15) is 17.6 Å². The summed E-state index contributed by atoms with van der Waals surface area (Å²) in [5.74, 6) is -1.29. The van der Waals surface area contributed by atoms with E-state index in [9.17, 15) is 13.6 Å². The Kier molecular flexibility index (Phi) is 5.84. The van der Waals surface area contributed by atoms with Gasteiger partial charge in [-0.25, -0.2) is 4.98 Å². The van der Waals surface area contributed by atoms with Crippen molar-refractivity contribution in [3.05, 3.63) is 23.0 Å². The Balaban J connectivity index is 1.30. The molecule has 1 atom stereocenters. The van der Waals surface area contributed by atoms with Crippen molar-refractivity contribution in [1.29, 1.82) is 0 Å². The highest BCUT2D eigenvalue weighted by Gasteiger charge is 2.45. The molecular formula is C25H33F2N7O. The summed E-state index contributed by atoms with van der Waals surface area (Å²) in [6.07, 6.45) is 9.33. The third-order valence-electron chi connectivity index (χ3n) is 8.13. The highest BCUT2D eigenvalue weighted by molar-refractivity contribution is 5.85. The maximum absolute atomic E-state index is 14.8. The van der Waals surface area contributed by atoms with Gasteiger partial charge >= 0.3 is 0 Å². The Morgan fingerprint density at radius 1 is 1.03 bits per heavy atom. The molecule has 6 rings (SSSR count). The van der Waals surface area contributed by atoms with Crippen LogP contribution in [-0.4, -0.2) is 56.6 Å². The van der Waals surface area contributed by atoms with Crippen molar-refractivity contribution < 1.29 is 13.6 Å². The normalized spacial score (nSPS) is 24.2. The summed E-state index contributed by atoms with van der Waals surface area (Å²) in [6.45, 7) is 2.12. The minimum atomic E-state index is -3.00. The number of rotatable bonds is 5. The predicted molar refractivity (Wildman–Crippen MR) is 128 cm³/mol. The third-order valence-corrected chi connectivity index (χ3v) is 8.13. The first-order valence-corrected chi connectivity index (χ1v) is 13.2.